The van der Waals surface area contributed by atoms with Crippen LogP contribution in [0.3, 0.4) is 0 Å². The van der Waals surface area contributed by atoms with Gasteiger partial charge < -0.3 is 5.11 Å². The predicted octanol–water partition coefficient (Wildman–Crippen LogP) is 4.33. The lowest BCUT2D eigenvalue weighted by atomic mass is 9.75. The number of rotatable bonds is 4. The van der Waals surface area contributed by atoms with E-state index >= 15 is 0 Å². The summed E-state index contributed by atoms with van der Waals surface area (Å²) >= 11 is 0. The van der Waals surface area contributed by atoms with Crippen LogP contribution < -0.4 is 0 Å². The fourth-order valence-electron chi connectivity index (χ4n) is 2.36. The zero-order chi connectivity index (χ0) is 13.3. The van der Waals surface area contributed by atoms with Crippen molar-refractivity contribution in [1.29, 1.82) is 0 Å². The molecule has 0 aromatic heterocycles. The molecule has 0 radical (unpaired) electrons. The molecular weight excluding hydrogens is 208 g/mol. The molecule has 2 unspecified atom stereocenters. The van der Waals surface area contributed by atoms with Crippen molar-refractivity contribution in [2.45, 2.75) is 60.5 Å². The van der Waals surface area contributed by atoms with E-state index in [4.69, 9.17) is 0 Å². The Balaban J connectivity index is 2.80. The summed E-state index contributed by atoms with van der Waals surface area (Å²) in [4.78, 5) is 0. The van der Waals surface area contributed by atoms with Crippen LogP contribution in [0.1, 0.15) is 54.4 Å². The van der Waals surface area contributed by atoms with Crippen LogP contribution in [0.5, 0.6) is 0 Å². The molecule has 0 bridgehead atoms. The minimum absolute atomic E-state index is 0.0907. The minimum Gasteiger partial charge on any atom is -0.393 e. The van der Waals surface area contributed by atoms with Crippen LogP contribution in [-0.2, 0) is 0 Å². The average Bonchev–Trinajstić information content (AvgIpc) is 2.51. The molecule has 0 aliphatic heterocycles. The summed E-state index contributed by atoms with van der Waals surface area (Å²) in [7, 11) is 0. The highest BCUT2D eigenvalue weighted by Crippen LogP contribution is 2.44. The Kier molecular flexibility index (Phi) is 4.24. The molecule has 1 heteroatoms. The van der Waals surface area contributed by atoms with Gasteiger partial charge in [-0.1, -0.05) is 51.5 Å². The summed E-state index contributed by atoms with van der Waals surface area (Å²) in [6, 6.07) is 0. The fraction of sp³-hybridized carbons (Fsp3) is 0.750. The second kappa shape index (κ2) is 4.97. The largest absolute Gasteiger partial charge is 0.393 e. The number of aliphatic hydroxyl groups excluding tert-OH is 1. The summed E-state index contributed by atoms with van der Waals surface area (Å²) < 4.78 is 0. The molecule has 0 aromatic rings. The van der Waals surface area contributed by atoms with E-state index in [1.54, 1.807) is 0 Å². The van der Waals surface area contributed by atoms with Crippen LogP contribution in [0.4, 0.5) is 0 Å². The van der Waals surface area contributed by atoms with Crippen molar-refractivity contribution in [3.8, 4) is 0 Å². The Morgan fingerprint density at radius 1 is 1.59 bits per heavy atom. The molecule has 0 saturated heterocycles. The van der Waals surface area contributed by atoms with Crippen LogP contribution in [-0.4, -0.2) is 11.2 Å². The van der Waals surface area contributed by atoms with Gasteiger partial charge >= 0.3 is 0 Å². The van der Waals surface area contributed by atoms with Crippen LogP contribution in [0.15, 0.2) is 23.8 Å². The normalized spacial score (nSPS) is 29.1. The molecule has 0 aromatic carbocycles. The molecule has 0 heterocycles. The first kappa shape index (κ1) is 14.5. The summed E-state index contributed by atoms with van der Waals surface area (Å²) in [5.74, 6) is 0.576. The van der Waals surface area contributed by atoms with E-state index < -0.39 is 0 Å². The number of aliphatic hydroxyl groups is 1. The van der Waals surface area contributed by atoms with Crippen molar-refractivity contribution in [3.63, 3.8) is 0 Å². The Morgan fingerprint density at radius 2 is 2.18 bits per heavy atom. The van der Waals surface area contributed by atoms with E-state index in [0.717, 1.165) is 12.8 Å². The topological polar surface area (TPSA) is 20.2 Å². The highest BCUT2D eigenvalue weighted by molar-refractivity contribution is 5.22. The quantitative estimate of drug-likeness (QED) is 0.720. The molecule has 3 atom stereocenters. The summed E-state index contributed by atoms with van der Waals surface area (Å²) in [6.07, 6.45) is 8.72. The second-order valence-electron chi connectivity index (χ2n) is 6.35. The Morgan fingerprint density at radius 3 is 2.53 bits per heavy atom. The molecule has 1 rings (SSSR count). The average molecular weight is 236 g/mol. The molecule has 0 spiro atoms. The van der Waals surface area contributed by atoms with Gasteiger partial charge in [0.1, 0.15) is 0 Å². The van der Waals surface area contributed by atoms with Crippen LogP contribution in [0, 0.1) is 16.7 Å². The highest BCUT2D eigenvalue weighted by atomic mass is 16.3. The third-order valence-corrected chi connectivity index (χ3v) is 5.05. The molecule has 98 valence electrons. The van der Waals surface area contributed by atoms with E-state index in [2.05, 4.69) is 52.8 Å². The Bertz CT molecular complexity index is 322. The van der Waals surface area contributed by atoms with Gasteiger partial charge in [-0.3, -0.25) is 0 Å². The van der Waals surface area contributed by atoms with Gasteiger partial charge in [-0.15, -0.1) is 0 Å². The standard InChI is InChI=1S/C16H28O/c1-7-16(6,13(3)17)11-10-14-9-8-12(2)15(14,4)5/h8,10-11,13-14,17H,7,9H2,1-6H3/t13?,14-,16?/m0/s1. The maximum absolute atomic E-state index is 9.86. The zero-order valence-corrected chi connectivity index (χ0v) is 12.2. The van der Waals surface area contributed by atoms with Gasteiger partial charge in [0.2, 0.25) is 0 Å². The first-order valence-corrected chi connectivity index (χ1v) is 6.78. The molecule has 1 aliphatic carbocycles. The van der Waals surface area contributed by atoms with Gasteiger partial charge in [0.05, 0.1) is 6.10 Å². The van der Waals surface area contributed by atoms with E-state index in [0.29, 0.717) is 5.92 Å². The molecule has 1 nitrogen and oxygen atoms in total. The monoisotopic (exact) mass is 236 g/mol. The fourth-order valence-corrected chi connectivity index (χ4v) is 2.36. The Labute approximate surface area is 107 Å². The number of allylic oxidation sites excluding steroid dienone is 3. The van der Waals surface area contributed by atoms with Crippen molar-refractivity contribution in [3.05, 3.63) is 23.8 Å². The molecule has 0 fully saturated rings. The van der Waals surface area contributed by atoms with Crippen molar-refractivity contribution < 1.29 is 5.11 Å². The lowest BCUT2D eigenvalue weighted by Crippen LogP contribution is -2.27. The van der Waals surface area contributed by atoms with E-state index in [-0.39, 0.29) is 16.9 Å². The van der Waals surface area contributed by atoms with E-state index in [1.807, 2.05) is 6.92 Å². The SMILES string of the molecule is CCC(C)(C=C[C@@H]1CC=C(C)C1(C)C)C(C)O. The van der Waals surface area contributed by atoms with Crippen molar-refractivity contribution >= 4 is 0 Å². The molecule has 0 amide bonds. The van der Waals surface area contributed by atoms with E-state index in [1.165, 1.54) is 5.57 Å². The summed E-state index contributed by atoms with van der Waals surface area (Å²) in [5.41, 5.74) is 1.67. The smallest absolute Gasteiger partial charge is 0.0599 e. The molecule has 0 saturated carbocycles. The third-order valence-electron chi connectivity index (χ3n) is 5.05. The second-order valence-corrected chi connectivity index (χ2v) is 6.35. The lowest BCUT2D eigenvalue weighted by molar-refractivity contribution is 0.0837. The molecule has 1 N–H and O–H groups in total. The van der Waals surface area contributed by atoms with Crippen LogP contribution in [0.2, 0.25) is 0 Å². The first-order valence-electron chi connectivity index (χ1n) is 6.78. The molecular formula is C16H28O. The predicted molar refractivity (Wildman–Crippen MR) is 74.9 cm³/mol. The highest BCUT2D eigenvalue weighted by Gasteiger charge is 2.34. The van der Waals surface area contributed by atoms with Gasteiger partial charge in [-0.05, 0) is 38.0 Å². The summed E-state index contributed by atoms with van der Waals surface area (Å²) in [6.45, 7) is 13.0. The van der Waals surface area contributed by atoms with Crippen molar-refractivity contribution in [2.75, 3.05) is 0 Å². The third kappa shape index (κ3) is 2.82. The van der Waals surface area contributed by atoms with Crippen LogP contribution in [0.25, 0.3) is 0 Å². The van der Waals surface area contributed by atoms with Gasteiger partial charge in [0.15, 0.2) is 0 Å². The maximum atomic E-state index is 9.86. The van der Waals surface area contributed by atoms with Gasteiger partial charge in [-0.2, -0.15) is 0 Å². The molecule has 1 aliphatic rings. The maximum Gasteiger partial charge on any atom is 0.0599 e. The number of hydrogen-bond donors (Lipinski definition) is 1. The summed E-state index contributed by atoms with van der Waals surface area (Å²) in [5, 5.41) is 9.86. The lowest BCUT2D eigenvalue weighted by Gasteiger charge is -2.31. The Hall–Kier alpha value is -0.560. The van der Waals surface area contributed by atoms with Gasteiger partial charge in [-0.25, -0.2) is 0 Å². The first-order chi connectivity index (χ1) is 7.74. The van der Waals surface area contributed by atoms with Crippen molar-refractivity contribution in [2.24, 2.45) is 16.7 Å². The molecule has 17 heavy (non-hydrogen) atoms. The number of hydrogen-bond acceptors (Lipinski definition) is 1. The zero-order valence-electron chi connectivity index (χ0n) is 12.2. The minimum atomic E-state index is -0.290. The van der Waals surface area contributed by atoms with Crippen molar-refractivity contribution in [1.82, 2.24) is 0 Å². The van der Waals surface area contributed by atoms with Gasteiger partial charge in [0.25, 0.3) is 0 Å². The van der Waals surface area contributed by atoms with Crippen LogP contribution >= 0.6 is 0 Å². The van der Waals surface area contributed by atoms with E-state index in [9.17, 15) is 5.11 Å². The van der Waals surface area contributed by atoms with Gasteiger partial charge in [0, 0.05) is 5.41 Å².